The molecule has 0 bridgehead atoms. The summed E-state index contributed by atoms with van der Waals surface area (Å²) in [7, 11) is 0. The molecule has 1 aromatic rings. The monoisotopic (exact) mass is 279 g/mol. The molecule has 0 aliphatic carbocycles. The number of rotatable bonds is 5. The van der Waals surface area contributed by atoms with Crippen molar-refractivity contribution in [3.8, 4) is 0 Å². The maximum absolute atomic E-state index is 10.5. The Hall–Kier alpha value is -1.00. The SMILES string of the molecule is CSc1ccc(N2CCOC(C)(CCC=O)C2)cc1. The molecule has 1 unspecified atom stereocenters. The van der Waals surface area contributed by atoms with Crippen molar-refractivity contribution < 1.29 is 9.53 Å². The molecule has 0 radical (unpaired) electrons. The zero-order chi connectivity index (χ0) is 13.7. The van der Waals surface area contributed by atoms with Crippen molar-refractivity contribution in [1.29, 1.82) is 0 Å². The first kappa shape index (κ1) is 14.4. The largest absolute Gasteiger partial charge is 0.372 e. The molecular formula is C15H21NO2S. The molecule has 104 valence electrons. The van der Waals surface area contributed by atoms with Gasteiger partial charge in [-0.25, -0.2) is 0 Å². The second-order valence-corrected chi connectivity index (χ2v) is 6.00. The topological polar surface area (TPSA) is 29.5 Å². The van der Waals surface area contributed by atoms with E-state index in [0.717, 1.165) is 32.4 Å². The average Bonchev–Trinajstić information content (AvgIpc) is 2.45. The summed E-state index contributed by atoms with van der Waals surface area (Å²) in [6.07, 6.45) is 4.41. The summed E-state index contributed by atoms with van der Waals surface area (Å²) in [6.45, 7) is 4.58. The van der Waals surface area contributed by atoms with Gasteiger partial charge in [0, 0.05) is 30.1 Å². The number of aldehydes is 1. The molecule has 0 aromatic heterocycles. The zero-order valence-electron chi connectivity index (χ0n) is 11.6. The van der Waals surface area contributed by atoms with Gasteiger partial charge in [-0.15, -0.1) is 11.8 Å². The first-order valence-electron chi connectivity index (χ1n) is 6.63. The molecule has 1 aromatic carbocycles. The van der Waals surface area contributed by atoms with Gasteiger partial charge in [0.25, 0.3) is 0 Å². The summed E-state index contributed by atoms with van der Waals surface area (Å²) in [6, 6.07) is 8.63. The van der Waals surface area contributed by atoms with Crippen LogP contribution >= 0.6 is 11.8 Å². The lowest BCUT2D eigenvalue weighted by atomic mass is 9.97. The van der Waals surface area contributed by atoms with Crippen molar-refractivity contribution in [3.05, 3.63) is 24.3 Å². The highest BCUT2D eigenvalue weighted by atomic mass is 32.2. The third-order valence-electron chi connectivity index (χ3n) is 3.57. The van der Waals surface area contributed by atoms with Crippen molar-refractivity contribution in [2.45, 2.75) is 30.3 Å². The van der Waals surface area contributed by atoms with Crippen molar-refractivity contribution >= 4 is 23.7 Å². The number of thioether (sulfide) groups is 1. The molecule has 1 aliphatic heterocycles. The predicted molar refractivity (Wildman–Crippen MR) is 80.1 cm³/mol. The van der Waals surface area contributed by atoms with Gasteiger partial charge in [-0.1, -0.05) is 0 Å². The van der Waals surface area contributed by atoms with Crippen molar-refractivity contribution in [3.63, 3.8) is 0 Å². The van der Waals surface area contributed by atoms with Crippen molar-refractivity contribution in [2.75, 3.05) is 30.9 Å². The molecule has 1 aliphatic rings. The van der Waals surface area contributed by atoms with Crippen molar-refractivity contribution in [2.24, 2.45) is 0 Å². The quantitative estimate of drug-likeness (QED) is 0.612. The van der Waals surface area contributed by atoms with E-state index in [0.29, 0.717) is 6.42 Å². The Morgan fingerprint density at radius 2 is 2.16 bits per heavy atom. The molecule has 1 heterocycles. The third-order valence-corrected chi connectivity index (χ3v) is 4.31. The van der Waals surface area contributed by atoms with Gasteiger partial charge >= 0.3 is 0 Å². The van der Waals surface area contributed by atoms with Crippen LogP contribution in [0.3, 0.4) is 0 Å². The van der Waals surface area contributed by atoms with Crippen LogP contribution in [0.4, 0.5) is 5.69 Å². The minimum absolute atomic E-state index is 0.211. The second-order valence-electron chi connectivity index (χ2n) is 5.12. The Balaban J connectivity index is 2.05. The smallest absolute Gasteiger partial charge is 0.120 e. The molecule has 1 fully saturated rings. The molecule has 0 amide bonds. The Morgan fingerprint density at radius 1 is 1.42 bits per heavy atom. The molecule has 3 nitrogen and oxygen atoms in total. The third kappa shape index (κ3) is 3.74. The van der Waals surface area contributed by atoms with Crippen molar-refractivity contribution in [1.82, 2.24) is 0 Å². The van der Waals surface area contributed by atoms with Crippen LogP contribution < -0.4 is 4.90 Å². The van der Waals surface area contributed by atoms with E-state index in [9.17, 15) is 4.79 Å². The first-order chi connectivity index (χ1) is 9.17. The molecule has 0 N–H and O–H groups in total. The van der Waals surface area contributed by atoms with Gasteiger partial charge in [-0.3, -0.25) is 0 Å². The highest BCUT2D eigenvalue weighted by molar-refractivity contribution is 7.98. The van der Waals surface area contributed by atoms with Gasteiger partial charge in [0.1, 0.15) is 6.29 Å². The van der Waals surface area contributed by atoms with E-state index >= 15 is 0 Å². The number of nitrogens with zero attached hydrogens (tertiary/aromatic N) is 1. The summed E-state index contributed by atoms with van der Waals surface area (Å²) in [5.41, 5.74) is 1.02. The van der Waals surface area contributed by atoms with E-state index in [4.69, 9.17) is 4.74 Å². The summed E-state index contributed by atoms with van der Waals surface area (Å²) in [5.74, 6) is 0. The van der Waals surface area contributed by atoms with Gasteiger partial charge < -0.3 is 14.4 Å². The minimum Gasteiger partial charge on any atom is -0.372 e. The number of carbonyl (C=O) groups is 1. The van der Waals surface area contributed by atoms with E-state index in [-0.39, 0.29) is 5.60 Å². The first-order valence-corrected chi connectivity index (χ1v) is 7.86. The molecule has 19 heavy (non-hydrogen) atoms. The molecule has 1 atom stereocenters. The van der Waals surface area contributed by atoms with E-state index in [2.05, 4.69) is 42.3 Å². The summed E-state index contributed by atoms with van der Waals surface area (Å²) < 4.78 is 5.86. The maximum Gasteiger partial charge on any atom is 0.120 e. The molecule has 4 heteroatoms. The lowest BCUT2D eigenvalue weighted by Gasteiger charge is -2.41. The summed E-state index contributed by atoms with van der Waals surface area (Å²) >= 11 is 1.75. The normalized spacial score (nSPS) is 23.4. The van der Waals surface area contributed by atoms with Crippen LogP contribution in [0, 0.1) is 0 Å². The van der Waals surface area contributed by atoms with Gasteiger partial charge in [-0.2, -0.15) is 0 Å². The van der Waals surface area contributed by atoms with Gasteiger partial charge in [0.15, 0.2) is 0 Å². The van der Waals surface area contributed by atoms with Crippen LogP contribution in [0.5, 0.6) is 0 Å². The number of anilines is 1. The number of morpholine rings is 1. The van der Waals surface area contributed by atoms with Crippen LogP contribution in [0.1, 0.15) is 19.8 Å². The fourth-order valence-electron chi connectivity index (χ4n) is 2.46. The summed E-state index contributed by atoms with van der Waals surface area (Å²) in [5, 5.41) is 0. The number of ether oxygens (including phenoxy) is 1. The Kier molecular flexibility index (Phi) is 4.88. The lowest BCUT2D eigenvalue weighted by Crippen LogP contribution is -2.50. The van der Waals surface area contributed by atoms with Crippen LogP contribution in [-0.4, -0.2) is 37.8 Å². The van der Waals surface area contributed by atoms with Crippen LogP contribution in [-0.2, 0) is 9.53 Å². The average molecular weight is 279 g/mol. The van der Waals surface area contributed by atoms with Gasteiger partial charge in [0.05, 0.1) is 12.2 Å². The number of hydrogen-bond acceptors (Lipinski definition) is 4. The Morgan fingerprint density at radius 3 is 2.79 bits per heavy atom. The highest BCUT2D eigenvalue weighted by Crippen LogP contribution is 2.27. The minimum atomic E-state index is -0.211. The number of benzene rings is 1. The van der Waals surface area contributed by atoms with Gasteiger partial charge in [-0.05, 0) is 43.9 Å². The van der Waals surface area contributed by atoms with Crippen LogP contribution in [0.15, 0.2) is 29.2 Å². The standard InChI is InChI=1S/C15H21NO2S/c1-15(8-3-10-17)12-16(9-11-18-15)13-4-6-14(19-2)7-5-13/h4-7,10H,3,8-9,11-12H2,1-2H3. The second kappa shape index (κ2) is 6.44. The van der Waals surface area contributed by atoms with E-state index in [1.165, 1.54) is 10.6 Å². The Bertz CT molecular complexity index is 421. The van der Waals surface area contributed by atoms with Gasteiger partial charge in [0.2, 0.25) is 0 Å². The fourth-order valence-corrected chi connectivity index (χ4v) is 2.87. The number of hydrogen-bond donors (Lipinski definition) is 0. The molecule has 0 spiro atoms. The lowest BCUT2D eigenvalue weighted by molar-refractivity contribution is -0.110. The van der Waals surface area contributed by atoms with E-state index in [1.54, 1.807) is 11.8 Å². The summed E-state index contributed by atoms with van der Waals surface area (Å²) in [4.78, 5) is 14.2. The molecule has 1 saturated heterocycles. The Labute approximate surface area is 119 Å². The van der Waals surface area contributed by atoms with Crippen LogP contribution in [0.25, 0.3) is 0 Å². The number of carbonyl (C=O) groups excluding carboxylic acids is 1. The van der Waals surface area contributed by atoms with Crippen LogP contribution in [0.2, 0.25) is 0 Å². The fraction of sp³-hybridized carbons (Fsp3) is 0.533. The highest BCUT2D eigenvalue weighted by Gasteiger charge is 2.31. The molecular weight excluding hydrogens is 258 g/mol. The van der Waals surface area contributed by atoms with E-state index < -0.39 is 0 Å². The maximum atomic E-state index is 10.5. The molecule has 0 saturated carbocycles. The molecule has 2 rings (SSSR count). The van der Waals surface area contributed by atoms with E-state index in [1.807, 2.05) is 0 Å². The zero-order valence-corrected chi connectivity index (χ0v) is 12.4. The predicted octanol–water partition coefficient (Wildman–Crippen LogP) is 2.98.